The van der Waals surface area contributed by atoms with E-state index in [-0.39, 0.29) is 17.2 Å². The molecule has 2 unspecified atom stereocenters. The van der Waals surface area contributed by atoms with Crippen LogP contribution in [0.2, 0.25) is 0 Å². The van der Waals surface area contributed by atoms with Gasteiger partial charge in [0.25, 0.3) is 0 Å². The number of nitrogen functional groups attached to an aromatic ring is 1. The van der Waals surface area contributed by atoms with Crippen LogP contribution >= 0.6 is 23.5 Å². The second-order valence-corrected chi connectivity index (χ2v) is 7.81. The van der Waals surface area contributed by atoms with E-state index in [1.54, 1.807) is 11.8 Å². The molecule has 0 spiro atoms. The third kappa shape index (κ3) is 3.09. The van der Waals surface area contributed by atoms with E-state index in [4.69, 9.17) is 5.73 Å². The zero-order chi connectivity index (χ0) is 13.9. The number of benzene rings is 1. The second kappa shape index (κ2) is 6.31. The molecule has 1 aromatic carbocycles. The number of nitrogens with one attached hydrogen (secondary N) is 1. The van der Waals surface area contributed by atoms with Crippen molar-refractivity contribution in [2.75, 3.05) is 23.0 Å². The highest BCUT2D eigenvalue weighted by Gasteiger charge is 2.27. The van der Waals surface area contributed by atoms with Crippen LogP contribution in [-0.4, -0.2) is 28.4 Å². The average Bonchev–Trinajstić information content (AvgIpc) is 2.48. The number of carbonyl (C=O) groups is 1. The molecule has 1 aromatic rings. The highest BCUT2D eigenvalue weighted by atomic mass is 32.2. The molecular formula is C15H20N2OS2. The van der Waals surface area contributed by atoms with Gasteiger partial charge in [-0.2, -0.15) is 11.8 Å². The first-order valence-corrected chi connectivity index (χ1v) is 9.32. The molecular weight excluding hydrogens is 288 g/mol. The van der Waals surface area contributed by atoms with Crippen LogP contribution in [0.15, 0.2) is 18.2 Å². The van der Waals surface area contributed by atoms with E-state index in [9.17, 15) is 4.79 Å². The molecule has 2 atom stereocenters. The van der Waals surface area contributed by atoms with Crippen LogP contribution < -0.4 is 11.1 Å². The summed E-state index contributed by atoms with van der Waals surface area (Å²) in [6.07, 6.45) is 3.22. The molecule has 108 valence electrons. The molecule has 20 heavy (non-hydrogen) atoms. The van der Waals surface area contributed by atoms with Crippen molar-refractivity contribution in [2.24, 2.45) is 0 Å². The molecule has 0 radical (unpaired) electrons. The predicted molar refractivity (Wildman–Crippen MR) is 88.2 cm³/mol. The van der Waals surface area contributed by atoms with E-state index in [0.717, 1.165) is 36.5 Å². The van der Waals surface area contributed by atoms with E-state index in [1.165, 1.54) is 16.9 Å². The Morgan fingerprint density at radius 1 is 1.35 bits per heavy atom. The highest BCUT2D eigenvalue weighted by molar-refractivity contribution is 8.07. The van der Waals surface area contributed by atoms with Gasteiger partial charge >= 0.3 is 0 Å². The van der Waals surface area contributed by atoms with Crippen molar-refractivity contribution in [1.82, 2.24) is 5.32 Å². The maximum Gasteiger partial charge on any atom is 0.234 e. The van der Waals surface area contributed by atoms with Crippen molar-refractivity contribution in [3.63, 3.8) is 0 Å². The lowest BCUT2D eigenvalue weighted by Gasteiger charge is -2.29. The molecule has 3 rings (SSSR count). The van der Waals surface area contributed by atoms with Gasteiger partial charge in [0.15, 0.2) is 0 Å². The molecule has 3 N–H and O–H groups in total. The second-order valence-electron chi connectivity index (χ2n) is 5.35. The van der Waals surface area contributed by atoms with Crippen LogP contribution in [0.3, 0.4) is 0 Å². The van der Waals surface area contributed by atoms with Crippen molar-refractivity contribution in [1.29, 1.82) is 0 Å². The van der Waals surface area contributed by atoms with Gasteiger partial charge in [-0.05, 0) is 42.5 Å². The van der Waals surface area contributed by atoms with Crippen LogP contribution in [0, 0.1) is 0 Å². The fourth-order valence-electron chi connectivity index (χ4n) is 2.89. The Morgan fingerprint density at radius 3 is 3.05 bits per heavy atom. The third-order valence-corrected chi connectivity index (χ3v) is 6.66. The van der Waals surface area contributed by atoms with Gasteiger partial charge in [0.2, 0.25) is 5.91 Å². The molecule has 3 nitrogen and oxygen atoms in total. The first kappa shape index (κ1) is 14.1. The molecule has 1 fully saturated rings. The molecule has 1 aliphatic carbocycles. The number of aryl methyl sites for hydroxylation is 1. The van der Waals surface area contributed by atoms with Crippen molar-refractivity contribution in [2.45, 2.75) is 30.6 Å². The van der Waals surface area contributed by atoms with Crippen molar-refractivity contribution in [3.05, 3.63) is 29.3 Å². The van der Waals surface area contributed by atoms with Gasteiger partial charge in [0.05, 0.1) is 11.3 Å². The summed E-state index contributed by atoms with van der Waals surface area (Å²) < 4.78 is 0. The lowest BCUT2D eigenvalue weighted by Crippen LogP contribution is -2.39. The van der Waals surface area contributed by atoms with Crippen LogP contribution in [0.5, 0.6) is 0 Å². The first-order chi connectivity index (χ1) is 9.74. The van der Waals surface area contributed by atoms with Gasteiger partial charge in [-0.25, -0.2) is 0 Å². The minimum atomic E-state index is 0.118. The first-order valence-electron chi connectivity index (χ1n) is 7.12. The quantitative estimate of drug-likeness (QED) is 0.825. The number of hydrogen-bond donors (Lipinski definition) is 2. The number of hydrogen-bond acceptors (Lipinski definition) is 4. The summed E-state index contributed by atoms with van der Waals surface area (Å²) in [7, 11) is 0. The van der Waals surface area contributed by atoms with Gasteiger partial charge in [-0.3, -0.25) is 4.79 Å². The highest BCUT2D eigenvalue weighted by Crippen LogP contribution is 2.32. The minimum absolute atomic E-state index is 0.118. The molecule has 2 aliphatic rings. The number of amides is 1. The summed E-state index contributed by atoms with van der Waals surface area (Å²) in [5.41, 5.74) is 9.22. The predicted octanol–water partition coefficient (Wildman–Crippen LogP) is 2.61. The third-order valence-electron chi connectivity index (χ3n) is 3.91. The van der Waals surface area contributed by atoms with Crippen LogP contribution in [-0.2, 0) is 11.2 Å². The number of carbonyl (C=O) groups excluding carboxylic acids is 1. The molecule has 0 bridgehead atoms. The Labute approximate surface area is 128 Å². The molecule has 0 aromatic heterocycles. The lowest BCUT2D eigenvalue weighted by molar-refractivity contribution is -0.121. The smallest absolute Gasteiger partial charge is 0.234 e. The Morgan fingerprint density at radius 2 is 2.25 bits per heavy atom. The fraction of sp³-hybridized carbons (Fsp3) is 0.533. The van der Waals surface area contributed by atoms with Crippen LogP contribution in [0.1, 0.15) is 30.0 Å². The van der Waals surface area contributed by atoms with Gasteiger partial charge in [0.1, 0.15) is 0 Å². The summed E-state index contributed by atoms with van der Waals surface area (Å²) >= 11 is 3.67. The number of nitrogens with two attached hydrogens (primary N) is 1. The number of thioether (sulfide) groups is 2. The van der Waals surface area contributed by atoms with Gasteiger partial charge < -0.3 is 11.1 Å². The monoisotopic (exact) mass is 308 g/mol. The van der Waals surface area contributed by atoms with Gasteiger partial charge in [-0.15, -0.1) is 11.8 Å². The summed E-state index contributed by atoms with van der Waals surface area (Å²) in [5, 5.41) is 3.37. The molecule has 0 saturated carbocycles. The van der Waals surface area contributed by atoms with Crippen molar-refractivity contribution >= 4 is 35.1 Å². The fourth-order valence-corrected chi connectivity index (χ4v) is 5.45. The minimum Gasteiger partial charge on any atom is -0.399 e. The SMILES string of the molecule is Nc1ccc2c(c1)CCCC2NC(=O)C1CSCCS1. The topological polar surface area (TPSA) is 55.1 Å². The largest absolute Gasteiger partial charge is 0.399 e. The molecule has 1 amide bonds. The number of fused-ring (bicyclic) bond motifs is 1. The van der Waals surface area contributed by atoms with Crippen LogP contribution in [0.4, 0.5) is 5.69 Å². The lowest BCUT2D eigenvalue weighted by atomic mass is 9.87. The molecule has 5 heteroatoms. The zero-order valence-electron chi connectivity index (χ0n) is 11.4. The Hall–Kier alpha value is -0.810. The van der Waals surface area contributed by atoms with Crippen LogP contribution in [0.25, 0.3) is 0 Å². The van der Waals surface area contributed by atoms with Gasteiger partial charge in [-0.1, -0.05) is 6.07 Å². The van der Waals surface area contributed by atoms with E-state index >= 15 is 0 Å². The summed E-state index contributed by atoms with van der Waals surface area (Å²) in [6, 6.07) is 6.24. The van der Waals surface area contributed by atoms with E-state index in [1.807, 2.05) is 17.8 Å². The number of anilines is 1. The van der Waals surface area contributed by atoms with Crippen molar-refractivity contribution in [3.8, 4) is 0 Å². The summed E-state index contributed by atoms with van der Waals surface area (Å²) in [6.45, 7) is 0. The maximum absolute atomic E-state index is 12.4. The average molecular weight is 308 g/mol. The van der Waals surface area contributed by atoms with E-state index in [0.29, 0.717) is 0 Å². The summed E-state index contributed by atoms with van der Waals surface area (Å²) in [5.74, 6) is 3.40. The van der Waals surface area contributed by atoms with Gasteiger partial charge in [0, 0.05) is 22.9 Å². The van der Waals surface area contributed by atoms with Crippen molar-refractivity contribution < 1.29 is 4.79 Å². The maximum atomic E-state index is 12.4. The summed E-state index contributed by atoms with van der Waals surface area (Å²) in [4.78, 5) is 12.4. The van der Waals surface area contributed by atoms with E-state index < -0.39 is 0 Å². The Kier molecular flexibility index (Phi) is 4.46. The molecule has 1 aliphatic heterocycles. The van der Waals surface area contributed by atoms with E-state index in [2.05, 4.69) is 17.4 Å². The Balaban J connectivity index is 1.71. The Bertz CT molecular complexity index is 501. The number of rotatable bonds is 2. The normalized spacial score (nSPS) is 25.8. The molecule has 1 saturated heterocycles. The molecule has 1 heterocycles. The standard InChI is InChI=1S/C15H20N2OS2/c16-11-4-5-12-10(8-11)2-1-3-13(12)17-15(18)14-9-19-6-7-20-14/h4-5,8,13-14H,1-3,6-7,9,16H2,(H,17,18). The zero-order valence-corrected chi connectivity index (χ0v) is 13.1.